The molecule has 0 aromatic carbocycles. The van der Waals surface area contributed by atoms with Crippen LogP contribution in [0.25, 0.3) is 0 Å². The molecule has 18 heavy (non-hydrogen) atoms. The molecule has 0 bridgehead atoms. The van der Waals surface area contributed by atoms with Gasteiger partial charge < -0.3 is 10.0 Å². The van der Waals surface area contributed by atoms with Crippen LogP contribution in [0.15, 0.2) is 0 Å². The number of hydrogen-bond donors (Lipinski definition) is 1. The fourth-order valence-corrected chi connectivity index (χ4v) is 3.51. The maximum Gasteiger partial charge on any atom is 0.306 e. The smallest absolute Gasteiger partial charge is 0.306 e. The lowest BCUT2D eigenvalue weighted by Crippen LogP contribution is -2.48. The van der Waals surface area contributed by atoms with Crippen LogP contribution in [0, 0.1) is 5.92 Å². The van der Waals surface area contributed by atoms with E-state index in [1.54, 1.807) is 0 Å². The molecule has 2 rings (SSSR count). The highest BCUT2D eigenvalue weighted by Gasteiger charge is 2.33. The summed E-state index contributed by atoms with van der Waals surface area (Å²) < 4.78 is 0. The Kier molecular flexibility index (Phi) is 4.62. The highest BCUT2D eigenvalue weighted by Crippen LogP contribution is 2.28. The maximum atomic E-state index is 11.1. The number of carboxylic acids is 1. The molecule has 2 fully saturated rings. The molecule has 0 aromatic rings. The van der Waals surface area contributed by atoms with Crippen molar-refractivity contribution in [3.8, 4) is 0 Å². The molecular weight excluding hydrogens is 228 g/mol. The van der Waals surface area contributed by atoms with E-state index < -0.39 is 5.97 Å². The number of piperidine rings is 1. The Balaban J connectivity index is 1.91. The largest absolute Gasteiger partial charge is 0.481 e. The third-order valence-electron chi connectivity index (χ3n) is 4.67. The summed E-state index contributed by atoms with van der Waals surface area (Å²) in [7, 11) is 2.20. The first kappa shape index (κ1) is 13.8. The van der Waals surface area contributed by atoms with Gasteiger partial charge in [-0.1, -0.05) is 0 Å². The third kappa shape index (κ3) is 3.23. The van der Waals surface area contributed by atoms with Crippen LogP contribution in [-0.4, -0.2) is 59.6 Å². The van der Waals surface area contributed by atoms with E-state index in [2.05, 4.69) is 23.8 Å². The van der Waals surface area contributed by atoms with E-state index in [9.17, 15) is 4.79 Å². The van der Waals surface area contributed by atoms with Crippen molar-refractivity contribution in [2.24, 2.45) is 5.92 Å². The summed E-state index contributed by atoms with van der Waals surface area (Å²) in [5.74, 6) is -0.730. The average molecular weight is 254 g/mol. The fraction of sp³-hybridized carbons (Fsp3) is 0.929. The van der Waals surface area contributed by atoms with Gasteiger partial charge in [0.2, 0.25) is 0 Å². The van der Waals surface area contributed by atoms with Crippen molar-refractivity contribution in [3.05, 3.63) is 0 Å². The van der Waals surface area contributed by atoms with Crippen molar-refractivity contribution < 1.29 is 9.90 Å². The summed E-state index contributed by atoms with van der Waals surface area (Å²) in [6.07, 6.45) is 5.42. The van der Waals surface area contributed by atoms with Crippen LogP contribution < -0.4 is 0 Å². The standard InChI is InChI=1S/C14H26N2O2/c1-11-10-12(14(17)18)5-9-16(11)13-4-3-7-15(2)8-6-13/h11-13H,3-10H2,1-2H3,(H,17,18). The van der Waals surface area contributed by atoms with Gasteiger partial charge in [-0.3, -0.25) is 9.69 Å². The lowest BCUT2D eigenvalue weighted by Gasteiger charge is -2.41. The molecule has 0 radical (unpaired) electrons. The molecular formula is C14H26N2O2. The molecule has 2 heterocycles. The summed E-state index contributed by atoms with van der Waals surface area (Å²) in [6, 6.07) is 1.09. The van der Waals surface area contributed by atoms with Crippen LogP contribution in [0.4, 0.5) is 0 Å². The van der Waals surface area contributed by atoms with Gasteiger partial charge in [0.1, 0.15) is 0 Å². The number of carboxylic acid groups (broad SMARTS) is 1. The van der Waals surface area contributed by atoms with Crippen LogP contribution in [0.1, 0.15) is 39.0 Å². The second-order valence-corrected chi connectivity index (χ2v) is 6.03. The Labute approximate surface area is 110 Å². The molecule has 0 saturated carbocycles. The number of likely N-dealkylation sites (tertiary alicyclic amines) is 2. The van der Waals surface area contributed by atoms with Gasteiger partial charge in [-0.05, 0) is 65.7 Å². The third-order valence-corrected chi connectivity index (χ3v) is 4.67. The molecule has 2 saturated heterocycles. The van der Waals surface area contributed by atoms with E-state index >= 15 is 0 Å². The Morgan fingerprint density at radius 1 is 1.17 bits per heavy atom. The molecule has 2 aliphatic heterocycles. The predicted molar refractivity (Wildman–Crippen MR) is 71.7 cm³/mol. The molecule has 1 N–H and O–H groups in total. The molecule has 4 heteroatoms. The molecule has 2 aliphatic rings. The van der Waals surface area contributed by atoms with Gasteiger partial charge in [0.15, 0.2) is 0 Å². The first-order valence-electron chi connectivity index (χ1n) is 7.25. The summed E-state index contributed by atoms with van der Waals surface area (Å²) in [5, 5.41) is 9.11. The summed E-state index contributed by atoms with van der Waals surface area (Å²) in [6.45, 7) is 5.54. The Morgan fingerprint density at radius 3 is 2.61 bits per heavy atom. The number of rotatable bonds is 2. The Hall–Kier alpha value is -0.610. The first-order valence-corrected chi connectivity index (χ1v) is 7.25. The fourth-order valence-electron chi connectivity index (χ4n) is 3.51. The van der Waals surface area contributed by atoms with Gasteiger partial charge in [-0.2, -0.15) is 0 Å². The van der Waals surface area contributed by atoms with E-state index in [-0.39, 0.29) is 5.92 Å². The predicted octanol–water partition coefficient (Wildman–Crippen LogP) is 1.66. The van der Waals surface area contributed by atoms with Crippen molar-refractivity contribution in [2.45, 2.75) is 51.1 Å². The first-order chi connectivity index (χ1) is 8.58. The summed E-state index contributed by atoms with van der Waals surface area (Å²) >= 11 is 0. The zero-order valence-electron chi connectivity index (χ0n) is 11.6. The van der Waals surface area contributed by atoms with Crippen molar-refractivity contribution in [2.75, 3.05) is 26.7 Å². The number of carbonyl (C=O) groups is 1. The van der Waals surface area contributed by atoms with Gasteiger partial charge in [0, 0.05) is 12.1 Å². The minimum atomic E-state index is -0.609. The zero-order valence-corrected chi connectivity index (χ0v) is 11.6. The highest BCUT2D eigenvalue weighted by molar-refractivity contribution is 5.70. The molecule has 0 amide bonds. The Bertz CT molecular complexity index is 296. The van der Waals surface area contributed by atoms with Gasteiger partial charge in [0.05, 0.1) is 5.92 Å². The quantitative estimate of drug-likeness (QED) is 0.814. The molecule has 4 nitrogen and oxygen atoms in total. The van der Waals surface area contributed by atoms with Gasteiger partial charge in [0.25, 0.3) is 0 Å². The summed E-state index contributed by atoms with van der Waals surface area (Å²) in [4.78, 5) is 16.0. The molecule has 3 atom stereocenters. The van der Waals surface area contributed by atoms with E-state index in [0.717, 1.165) is 19.4 Å². The zero-order chi connectivity index (χ0) is 13.1. The summed E-state index contributed by atoms with van der Waals surface area (Å²) in [5.41, 5.74) is 0. The van der Waals surface area contributed by atoms with Crippen LogP contribution in [0.5, 0.6) is 0 Å². The minimum absolute atomic E-state index is 0.121. The average Bonchev–Trinajstić information content (AvgIpc) is 2.54. The van der Waals surface area contributed by atoms with E-state index in [1.165, 1.54) is 32.4 Å². The second-order valence-electron chi connectivity index (χ2n) is 6.03. The second kappa shape index (κ2) is 6.02. The van der Waals surface area contributed by atoms with Gasteiger partial charge in [-0.15, -0.1) is 0 Å². The monoisotopic (exact) mass is 254 g/mol. The SMILES string of the molecule is CC1CC(C(=O)O)CCN1C1CCCN(C)CC1. The van der Waals surface area contributed by atoms with Crippen molar-refractivity contribution in [1.82, 2.24) is 9.80 Å². The molecule has 3 unspecified atom stereocenters. The molecule has 104 valence electrons. The van der Waals surface area contributed by atoms with E-state index in [1.807, 2.05) is 0 Å². The topological polar surface area (TPSA) is 43.8 Å². The molecule has 0 spiro atoms. The number of nitrogens with zero attached hydrogens (tertiary/aromatic N) is 2. The normalized spacial score (nSPS) is 36.2. The van der Waals surface area contributed by atoms with Gasteiger partial charge in [-0.25, -0.2) is 0 Å². The van der Waals surface area contributed by atoms with E-state index in [4.69, 9.17) is 5.11 Å². The van der Waals surface area contributed by atoms with Crippen LogP contribution in [-0.2, 0) is 4.79 Å². The van der Waals surface area contributed by atoms with Crippen molar-refractivity contribution in [1.29, 1.82) is 0 Å². The maximum absolute atomic E-state index is 11.1. The molecule has 0 aliphatic carbocycles. The molecule has 0 aromatic heterocycles. The Morgan fingerprint density at radius 2 is 1.94 bits per heavy atom. The lowest BCUT2D eigenvalue weighted by molar-refractivity contribution is -0.144. The van der Waals surface area contributed by atoms with Crippen LogP contribution in [0.3, 0.4) is 0 Å². The van der Waals surface area contributed by atoms with Crippen LogP contribution >= 0.6 is 0 Å². The number of hydrogen-bond acceptors (Lipinski definition) is 3. The van der Waals surface area contributed by atoms with E-state index in [0.29, 0.717) is 12.1 Å². The highest BCUT2D eigenvalue weighted by atomic mass is 16.4. The lowest BCUT2D eigenvalue weighted by atomic mass is 9.89. The van der Waals surface area contributed by atoms with Crippen molar-refractivity contribution in [3.63, 3.8) is 0 Å². The number of aliphatic carboxylic acids is 1. The minimum Gasteiger partial charge on any atom is -0.481 e. The van der Waals surface area contributed by atoms with Crippen molar-refractivity contribution >= 4 is 5.97 Å². The van der Waals surface area contributed by atoms with Gasteiger partial charge >= 0.3 is 5.97 Å². The van der Waals surface area contributed by atoms with Crippen LogP contribution in [0.2, 0.25) is 0 Å².